The van der Waals surface area contributed by atoms with E-state index in [-0.39, 0.29) is 12.5 Å². The van der Waals surface area contributed by atoms with Crippen molar-refractivity contribution < 1.29 is 4.79 Å². The molecule has 0 aliphatic carbocycles. The zero-order valence-corrected chi connectivity index (χ0v) is 14.9. The predicted octanol–water partition coefficient (Wildman–Crippen LogP) is 3.44. The molecule has 0 atom stereocenters. The maximum atomic E-state index is 12.2. The maximum Gasteiger partial charge on any atom is 0.244 e. The smallest absolute Gasteiger partial charge is 0.244 e. The van der Waals surface area contributed by atoms with Gasteiger partial charge in [0.25, 0.3) is 0 Å². The van der Waals surface area contributed by atoms with E-state index in [2.05, 4.69) is 45.0 Å². The number of hydrogen-bond donors (Lipinski definition) is 2. The van der Waals surface area contributed by atoms with Gasteiger partial charge in [-0.05, 0) is 65.8 Å². The fourth-order valence-corrected chi connectivity index (χ4v) is 2.67. The molecule has 2 rings (SSSR count). The number of nitrogens with one attached hydrogen (secondary N) is 2. The van der Waals surface area contributed by atoms with Crippen LogP contribution in [0.5, 0.6) is 0 Å². The van der Waals surface area contributed by atoms with Crippen LogP contribution in [0.25, 0.3) is 0 Å². The molecule has 1 heterocycles. The van der Waals surface area contributed by atoms with E-state index in [0.717, 1.165) is 27.9 Å². The Balaban J connectivity index is 2.09. The Bertz CT molecular complexity index is 707. The van der Waals surface area contributed by atoms with Crippen LogP contribution in [0.4, 0.5) is 5.69 Å². The predicted molar refractivity (Wildman–Crippen MR) is 93.9 cm³/mol. The Morgan fingerprint density at radius 2 is 2.29 bits per heavy atom. The molecule has 0 bridgehead atoms. The molecule has 0 unspecified atom stereocenters. The van der Waals surface area contributed by atoms with Crippen molar-refractivity contribution >= 4 is 46.4 Å². The fraction of sp³-hybridized carbons (Fsp3) is 0.357. The second kappa shape index (κ2) is 7.17. The van der Waals surface area contributed by atoms with Gasteiger partial charge < -0.3 is 5.32 Å². The summed E-state index contributed by atoms with van der Waals surface area (Å²) in [5, 5.41) is 9.79. The van der Waals surface area contributed by atoms with E-state index < -0.39 is 0 Å². The van der Waals surface area contributed by atoms with E-state index >= 15 is 0 Å². The number of aryl methyl sites for hydroxylation is 2. The standard InChI is InChI=1S/C14H17IN4OS/c1-3-4-12-17-18-14(21)19(12)8-13(20)16-10-6-5-9(2)11(15)7-10/h5-7H,3-4,8H2,1-2H3,(H,16,20)(H,18,21). The van der Waals surface area contributed by atoms with Gasteiger partial charge in [-0.3, -0.25) is 14.5 Å². The highest BCUT2D eigenvalue weighted by atomic mass is 127. The Hall–Kier alpha value is -1.22. The zero-order valence-electron chi connectivity index (χ0n) is 11.9. The van der Waals surface area contributed by atoms with E-state index in [0.29, 0.717) is 4.77 Å². The molecule has 0 saturated carbocycles. The number of aromatic nitrogens is 3. The highest BCUT2D eigenvalue weighted by molar-refractivity contribution is 14.1. The van der Waals surface area contributed by atoms with Crippen molar-refractivity contribution in [1.82, 2.24) is 14.8 Å². The van der Waals surface area contributed by atoms with Crippen LogP contribution in [0.2, 0.25) is 0 Å². The summed E-state index contributed by atoms with van der Waals surface area (Å²) < 4.78 is 3.34. The molecule has 5 nitrogen and oxygen atoms in total. The van der Waals surface area contributed by atoms with Crippen LogP contribution in [0.1, 0.15) is 24.7 Å². The summed E-state index contributed by atoms with van der Waals surface area (Å²) in [6.07, 6.45) is 1.75. The minimum Gasteiger partial charge on any atom is -0.325 e. The summed E-state index contributed by atoms with van der Waals surface area (Å²) in [6, 6.07) is 5.84. The van der Waals surface area contributed by atoms with Crippen molar-refractivity contribution in [1.29, 1.82) is 0 Å². The molecular formula is C14H17IN4OS. The van der Waals surface area contributed by atoms with Crippen LogP contribution in [-0.4, -0.2) is 20.7 Å². The fourth-order valence-electron chi connectivity index (χ4n) is 1.94. The number of hydrogen-bond acceptors (Lipinski definition) is 3. The number of amides is 1. The first-order chi connectivity index (χ1) is 10.0. The van der Waals surface area contributed by atoms with Crippen molar-refractivity contribution in [3.05, 3.63) is 37.9 Å². The topological polar surface area (TPSA) is 62.7 Å². The number of nitrogens with zero attached hydrogens (tertiary/aromatic N) is 2. The normalized spacial score (nSPS) is 10.6. The van der Waals surface area contributed by atoms with E-state index in [1.165, 1.54) is 5.56 Å². The molecule has 0 radical (unpaired) electrons. The molecule has 112 valence electrons. The van der Waals surface area contributed by atoms with Gasteiger partial charge in [0.2, 0.25) is 5.91 Å². The molecule has 1 aromatic heterocycles. The molecule has 0 aliphatic heterocycles. The lowest BCUT2D eigenvalue weighted by Crippen LogP contribution is -2.20. The Morgan fingerprint density at radius 1 is 1.52 bits per heavy atom. The summed E-state index contributed by atoms with van der Waals surface area (Å²) in [6.45, 7) is 4.28. The number of carbonyl (C=O) groups excluding carboxylic acids is 1. The molecule has 0 aliphatic rings. The molecular weight excluding hydrogens is 399 g/mol. The lowest BCUT2D eigenvalue weighted by Gasteiger charge is -2.09. The van der Waals surface area contributed by atoms with E-state index in [1.807, 2.05) is 25.1 Å². The second-order valence-electron chi connectivity index (χ2n) is 4.79. The van der Waals surface area contributed by atoms with Crippen LogP contribution in [-0.2, 0) is 17.8 Å². The monoisotopic (exact) mass is 416 g/mol. The van der Waals surface area contributed by atoms with E-state index in [9.17, 15) is 4.79 Å². The van der Waals surface area contributed by atoms with Gasteiger partial charge >= 0.3 is 0 Å². The van der Waals surface area contributed by atoms with E-state index in [4.69, 9.17) is 12.2 Å². The number of aromatic amines is 1. The van der Waals surface area contributed by atoms with Crippen LogP contribution in [0.3, 0.4) is 0 Å². The molecule has 1 aromatic carbocycles. The van der Waals surface area contributed by atoms with Crippen molar-refractivity contribution in [2.24, 2.45) is 0 Å². The average Bonchev–Trinajstić information content (AvgIpc) is 2.76. The number of rotatable bonds is 5. The van der Waals surface area contributed by atoms with Crippen LogP contribution in [0, 0.1) is 15.3 Å². The molecule has 7 heteroatoms. The average molecular weight is 416 g/mol. The highest BCUT2D eigenvalue weighted by Crippen LogP contribution is 2.17. The Labute approximate surface area is 142 Å². The summed E-state index contributed by atoms with van der Waals surface area (Å²) in [5.41, 5.74) is 1.98. The van der Waals surface area contributed by atoms with Gasteiger partial charge in [0.1, 0.15) is 12.4 Å². The third-order valence-electron chi connectivity index (χ3n) is 3.07. The summed E-state index contributed by atoms with van der Waals surface area (Å²) in [7, 11) is 0. The first-order valence-electron chi connectivity index (χ1n) is 6.71. The second-order valence-corrected chi connectivity index (χ2v) is 6.34. The van der Waals surface area contributed by atoms with Crippen molar-refractivity contribution in [2.75, 3.05) is 5.32 Å². The zero-order chi connectivity index (χ0) is 15.4. The largest absolute Gasteiger partial charge is 0.325 e. The number of benzene rings is 1. The quantitative estimate of drug-likeness (QED) is 0.580. The number of carbonyl (C=O) groups is 1. The SMILES string of the molecule is CCCc1n[nH]c(=S)n1CC(=O)Nc1ccc(C)c(I)c1. The summed E-state index contributed by atoms with van der Waals surface area (Å²) in [5.74, 6) is 0.709. The lowest BCUT2D eigenvalue weighted by atomic mass is 10.2. The first kappa shape index (κ1) is 16.2. The third-order valence-corrected chi connectivity index (χ3v) is 4.54. The number of H-pyrrole nitrogens is 1. The van der Waals surface area contributed by atoms with Gasteiger partial charge in [0.05, 0.1) is 0 Å². The third kappa shape index (κ3) is 4.13. The summed E-state index contributed by atoms with van der Waals surface area (Å²) >= 11 is 7.42. The highest BCUT2D eigenvalue weighted by Gasteiger charge is 2.10. The summed E-state index contributed by atoms with van der Waals surface area (Å²) in [4.78, 5) is 12.2. The molecule has 0 saturated heterocycles. The van der Waals surface area contributed by atoms with Gasteiger partial charge in [-0.2, -0.15) is 5.10 Å². The van der Waals surface area contributed by atoms with Crippen molar-refractivity contribution in [3.8, 4) is 0 Å². The molecule has 2 N–H and O–H groups in total. The van der Waals surface area contributed by atoms with Gasteiger partial charge in [-0.1, -0.05) is 13.0 Å². The lowest BCUT2D eigenvalue weighted by molar-refractivity contribution is -0.116. The maximum absolute atomic E-state index is 12.2. The first-order valence-corrected chi connectivity index (χ1v) is 8.20. The van der Waals surface area contributed by atoms with Gasteiger partial charge in [-0.15, -0.1) is 0 Å². The molecule has 0 fully saturated rings. The van der Waals surface area contributed by atoms with Crippen LogP contribution < -0.4 is 5.32 Å². The molecule has 21 heavy (non-hydrogen) atoms. The number of anilines is 1. The van der Waals surface area contributed by atoms with Crippen LogP contribution >= 0.6 is 34.8 Å². The van der Waals surface area contributed by atoms with Crippen molar-refractivity contribution in [3.63, 3.8) is 0 Å². The molecule has 1 amide bonds. The molecule has 2 aromatic rings. The number of halogens is 1. The van der Waals surface area contributed by atoms with Crippen LogP contribution in [0.15, 0.2) is 18.2 Å². The minimum absolute atomic E-state index is 0.107. The van der Waals surface area contributed by atoms with E-state index in [1.54, 1.807) is 4.57 Å². The van der Waals surface area contributed by atoms with Crippen molar-refractivity contribution in [2.45, 2.75) is 33.2 Å². The minimum atomic E-state index is -0.107. The van der Waals surface area contributed by atoms with Gasteiger partial charge in [0, 0.05) is 15.7 Å². The van der Waals surface area contributed by atoms with Gasteiger partial charge in [0.15, 0.2) is 4.77 Å². The molecule has 0 spiro atoms. The Kier molecular flexibility index (Phi) is 5.51. The van der Waals surface area contributed by atoms with Gasteiger partial charge in [-0.25, -0.2) is 0 Å². The Morgan fingerprint density at radius 3 is 2.95 bits per heavy atom.